The van der Waals surface area contributed by atoms with E-state index >= 15 is 0 Å². The Kier molecular flexibility index (Phi) is 13.7. The third kappa shape index (κ3) is 10.8. The molecule has 8 heterocycles. The van der Waals surface area contributed by atoms with Crippen molar-refractivity contribution in [3.05, 3.63) is 23.8 Å². The van der Waals surface area contributed by atoms with Gasteiger partial charge in [0.15, 0.2) is 0 Å². The van der Waals surface area contributed by atoms with Gasteiger partial charge in [0.1, 0.15) is 42.7 Å². The second-order valence-corrected chi connectivity index (χ2v) is 26.5. The van der Waals surface area contributed by atoms with Crippen molar-refractivity contribution in [3.8, 4) is 23.5 Å². The van der Waals surface area contributed by atoms with Crippen molar-refractivity contribution in [3.63, 3.8) is 0 Å². The first-order valence-electron chi connectivity index (χ1n) is 24.0. The monoisotopic (exact) mass is 994 g/mol. The Labute approximate surface area is 395 Å². The molecule has 3 unspecified atom stereocenters. The third-order valence-electron chi connectivity index (χ3n) is 14.8. The minimum absolute atomic E-state index is 0.0464. The van der Waals surface area contributed by atoms with E-state index in [0.717, 1.165) is 38.5 Å². The summed E-state index contributed by atoms with van der Waals surface area (Å²) in [6.07, 6.45) is 12.2. The van der Waals surface area contributed by atoms with Gasteiger partial charge < -0.3 is 28.6 Å². The molecule has 0 radical (unpaired) electrons. The maximum absolute atomic E-state index is 13.7. The minimum Gasteiger partial charge on any atom is -0.474 e. The van der Waals surface area contributed by atoms with Gasteiger partial charge in [0.05, 0.1) is 28.4 Å². The standard InChI is InChI=1S/C44H66N8O12S3/c1-28-39(60-34-12-17-49(18-13-34)65(5,54)55)45-26-47-41(28)62-36-22-30-6-7-31(23-36)51(30)43(53)64-44(3,4)16-21-66(56,57)50-19-14-35(15-20-50)61-40-29(2)42(48-27-46-40)63-37-24-32-8-9-33(25-37)52(32)67(58,59)38-10-11-38/h26-27,30-38H,6-25H2,1-5H3/t30?,31?,32-,33+,36?,37?. The van der Waals surface area contributed by atoms with E-state index in [9.17, 15) is 30.0 Å². The summed E-state index contributed by atoms with van der Waals surface area (Å²) in [4.78, 5) is 33.0. The van der Waals surface area contributed by atoms with Gasteiger partial charge >= 0.3 is 6.09 Å². The van der Waals surface area contributed by atoms with Crippen molar-refractivity contribution >= 4 is 36.2 Å². The van der Waals surface area contributed by atoms with Crippen molar-refractivity contribution in [2.75, 3.05) is 38.2 Å². The van der Waals surface area contributed by atoms with Crippen LogP contribution in [0.15, 0.2) is 12.7 Å². The molecule has 0 spiro atoms. The highest BCUT2D eigenvalue weighted by molar-refractivity contribution is 7.90. The van der Waals surface area contributed by atoms with Crippen molar-refractivity contribution in [1.82, 2.24) is 37.8 Å². The summed E-state index contributed by atoms with van der Waals surface area (Å²) < 4.78 is 113. The van der Waals surface area contributed by atoms with Gasteiger partial charge in [0.2, 0.25) is 53.6 Å². The van der Waals surface area contributed by atoms with Gasteiger partial charge in [-0.1, -0.05) is 0 Å². The topological polar surface area (TPSA) is 230 Å². The van der Waals surface area contributed by atoms with Crippen LogP contribution in [0.4, 0.5) is 4.79 Å². The molecule has 9 rings (SSSR count). The Hall–Kier alpha value is -3.64. The highest BCUT2D eigenvalue weighted by Crippen LogP contribution is 2.44. The Balaban J connectivity index is 0.713. The van der Waals surface area contributed by atoms with E-state index in [1.54, 1.807) is 23.1 Å². The first kappa shape index (κ1) is 48.4. The minimum atomic E-state index is -3.67. The SMILES string of the molecule is Cc1c(OC2CCN(S(C)(=O)=O)CC2)ncnc1OC1CC2CCC(C1)N2C(=O)OC(C)(C)CCS(=O)(=O)N1CCC(Oc2ncnc(OC3C[C@H]4CC[C@@H](C3)N4S(=O)(=O)C3CC3)c2C)CC1. The number of rotatable bonds is 16. The number of carbonyl (C=O) groups excluding carboxylic acids is 1. The van der Waals surface area contributed by atoms with E-state index in [4.69, 9.17) is 23.7 Å². The normalized spacial score (nSPS) is 28.3. The number of carbonyl (C=O) groups is 1. The summed E-state index contributed by atoms with van der Waals surface area (Å²) in [6.45, 7) is 8.52. The molecule has 2 aromatic heterocycles. The van der Waals surface area contributed by atoms with Crippen LogP contribution in [-0.4, -0.2) is 167 Å². The van der Waals surface area contributed by atoms with Gasteiger partial charge in [-0.2, -0.15) is 4.31 Å². The number of fused-ring (bicyclic) bond motifs is 4. The van der Waals surface area contributed by atoms with E-state index in [1.165, 1.54) is 27.5 Å². The Bertz CT molecular complexity index is 2450. The smallest absolute Gasteiger partial charge is 0.410 e. The predicted octanol–water partition coefficient (Wildman–Crippen LogP) is 4.11. The van der Waals surface area contributed by atoms with Crippen LogP contribution in [0.3, 0.4) is 0 Å². The molecule has 4 bridgehead atoms. The van der Waals surface area contributed by atoms with Gasteiger partial charge in [-0.05, 0) is 91.9 Å². The van der Waals surface area contributed by atoms with Gasteiger partial charge in [0.25, 0.3) is 0 Å². The predicted molar refractivity (Wildman–Crippen MR) is 244 cm³/mol. The second-order valence-electron chi connectivity index (χ2n) is 20.3. The number of ether oxygens (including phenoxy) is 5. The summed E-state index contributed by atoms with van der Waals surface area (Å²) >= 11 is 0. The highest BCUT2D eigenvalue weighted by atomic mass is 32.2. The van der Waals surface area contributed by atoms with Crippen LogP contribution in [-0.2, 0) is 34.8 Å². The third-order valence-corrected chi connectivity index (χ3v) is 20.5. The fourth-order valence-corrected chi connectivity index (χ4v) is 15.9. The van der Waals surface area contributed by atoms with Crippen molar-refractivity contribution in [1.29, 1.82) is 0 Å². The largest absolute Gasteiger partial charge is 0.474 e. The molecule has 0 aromatic carbocycles. The molecule has 372 valence electrons. The van der Waals surface area contributed by atoms with Crippen LogP contribution in [0, 0.1) is 13.8 Å². The number of hydrogen-bond acceptors (Lipinski definition) is 16. The quantitative estimate of drug-likeness (QED) is 0.230. The maximum Gasteiger partial charge on any atom is 0.410 e. The maximum atomic E-state index is 13.7. The van der Waals surface area contributed by atoms with E-state index in [0.29, 0.717) is 99.1 Å². The number of piperidine rings is 4. The van der Waals surface area contributed by atoms with Crippen LogP contribution in [0.1, 0.15) is 121 Å². The average Bonchev–Trinajstić information content (AvgIpc) is 4.05. The molecule has 2 aromatic rings. The van der Waals surface area contributed by atoms with Gasteiger partial charge in [-0.15, -0.1) is 0 Å². The van der Waals surface area contributed by atoms with Crippen molar-refractivity contribution in [2.24, 2.45) is 0 Å². The van der Waals surface area contributed by atoms with Crippen LogP contribution in [0.2, 0.25) is 0 Å². The number of nitrogens with zero attached hydrogens (tertiary/aromatic N) is 8. The van der Waals surface area contributed by atoms with Crippen LogP contribution in [0.5, 0.6) is 23.5 Å². The van der Waals surface area contributed by atoms with Crippen LogP contribution >= 0.6 is 0 Å². The molecule has 23 heteroatoms. The summed E-state index contributed by atoms with van der Waals surface area (Å²) in [6, 6.07) is -0.287. The van der Waals surface area contributed by atoms with E-state index < -0.39 is 41.8 Å². The van der Waals surface area contributed by atoms with E-state index in [-0.39, 0.29) is 79.1 Å². The average molecular weight is 995 g/mol. The lowest BCUT2D eigenvalue weighted by molar-refractivity contribution is -0.0164. The number of aromatic nitrogens is 4. The molecule has 67 heavy (non-hydrogen) atoms. The van der Waals surface area contributed by atoms with Gasteiger partial charge in [-0.3, -0.25) is 0 Å². The molecular weight excluding hydrogens is 929 g/mol. The lowest BCUT2D eigenvalue weighted by Crippen LogP contribution is -2.51. The molecular formula is C44H66N8O12S3. The van der Waals surface area contributed by atoms with E-state index in [1.807, 2.05) is 13.8 Å². The fraction of sp³-hybridized carbons (Fsp3) is 0.795. The lowest BCUT2D eigenvalue weighted by Gasteiger charge is -2.40. The first-order valence-corrected chi connectivity index (χ1v) is 29.0. The summed E-state index contributed by atoms with van der Waals surface area (Å²) in [7, 11) is -10.2. The molecule has 20 nitrogen and oxygen atoms in total. The molecule has 7 fully saturated rings. The Morgan fingerprint density at radius 3 is 1.43 bits per heavy atom. The summed E-state index contributed by atoms with van der Waals surface area (Å²) in [5, 5.41) is -0.220. The number of amides is 1. The second kappa shape index (κ2) is 18.9. The highest BCUT2D eigenvalue weighted by Gasteiger charge is 2.52. The zero-order valence-corrected chi connectivity index (χ0v) is 41.6. The molecule has 5 atom stereocenters. The van der Waals surface area contributed by atoms with Crippen molar-refractivity contribution in [2.45, 2.75) is 183 Å². The number of sulfonamides is 3. The van der Waals surface area contributed by atoms with Gasteiger partial charge in [0, 0.05) is 82.5 Å². The van der Waals surface area contributed by atoms with Crippen LogP contribution < -0.4 is 18.9 Å². The van der Waals surface area contributed by atoms with Crippen molar-refractivity contribution < 1.29 is 53.7 Å². The molecule has 6 saturated heterocycles. The zero-order valence-electron chi connectivity index (χ0n) is 39.2. The molecule has 1 saturated carbocycles. The Morgan fingerprint density at radius 2 is 1.00 bits per heavy atom. The van der Waals surface area contributed by atoms with Gasteiger partial charge in [-0.25, -0.2) is 58.6 Å². The lowest BCUT2D eigenvalue weighted by atomic mass is 10.00. The summed E-state index contributed by atoms with van der Waals surface area (Å²) in [5.74, 6) is 1.45. The molecule has 1 aliphatic carbocycles. The molecule has 7 aliphatic rings. The summed E-state index contributed by atoms with van der Waals surface area (Å²) in [5.41, 5.74) is 0.279. The molecule has 0 N–H and O–H groups in total. The van der Waals surface area contributed by atoms with Crippen LogP contribution in [0.25, 0.3) is 0 Å². The zero-order chi connectivity index (χ0) is 47.5. The Morgan fingerprint density at radius 1 is 0.597 bits per heavy atom. The number of hydrogen-bond donors (Lipinski definition) is 0. The van der Waals surface area contributed by atoms with E-state index in [2.05, 4.69) is 19.9 Å². The fourth-order valence-electron chi connectivity index (χ4n) is 11.0. The molecule has 1 amide bonds. The molecule has 6 aliphatic heterocycles. The first-order chi connectivity index (χ1) is 31.7.